The number of urea groups is 1. The van der Waals surface area contributed by atoms with Gasteiger partial charge in [-0.15, -0.1) is 0 Å². The van der Waals surface area contributed by atoms with Crippen LogP contribution in [0.2, 0.25) is 0 Å². The monoisotopic (exact) mass is 369 g/mol. The minimum Gasteiger partial charge on any atom is -0.495 e. The molecule has 2 aromatic carbocycles. The smallest absolute Gasteiger partial charge is 0.330 e. The number of carboxylic acid groups (broad SMARTS) is 1. The lowest BCUT2D eigenvalue weighted by Crippen LogP contribution is -2.34. The first-order valence-corrected chi connectivity index (χ1v) is 8.33. The van der Waals surface area contributed by atoms with Crippen LogP contribution in [0.4, 0.5) is 10.5 Å². The molecule has 1 aliphatic rings. The Hall–Kier alpha value is -3.55. The number of nitrogens with one attached hydrogen (secondary N) is 2. The zero-order valence-electron chi connectivity index (χ0n) is 14.6. The number of carbonyl (C=O) groups is 3. The van der Waals surface area contributed by atoms with Crippen LogP contribution in [0.25, 0.3) is 0 Å². The summed E-state index contributed by atoms with van der Waals surface area (Å²) in [6, 6.07) is 11.6. The summed E-state index contributed by atoms with van der Waals surface area (Å²) in [7, 11) is 1.47. The van der Waals surface area contributed by atoms with Crippen LogP contribution >= 0.6 is 0 Å². The first-order valence-electron chi connectivity index (χ1n) is 8.33. The third kappa shape index (κ3) is 3.84. The zero-order valence-corrected chi connectivity index (χ0v) is 14.6. The second-order valence-electron chi connectivity index (χ2n) is 5.93. The summed E-state index contributed by atoms with van der Waals surface area (Å²) in [6.45, 7) is 0.940. The van der Waals surface area contributed by atoms with Crippen molar-refractivity contribution < 1.29 is 24.2 Å². The SMILES string of the molecule is COc1ccc(C(=O)N[C@@H](C(=O)O)c2ccccc2)cc1N1CCNC1=O. The highest BCUT2D eigenvalue weighted by atomic mass is 16.5. The van der Waals surface area contributed by atoms with Crippen LogP contribution in [0.1, 0.15) is 22.0 Å². The number of benzene rings is 2. The average Bonchev–Trinajstić information content (AvgIpc) is 3.11. The molecule has 0 aromatic heterocycles. The molecule has 8 heteroatoms. The fourth-order valence-electron chi connectivity index (χ4n) is 2.89. The molecular formula is C19H19N3O5. The van der Waals surface area contributed by atoms with Crippen molar-refractivity contribution in [3.63, 3.8) is 0 Å². The van der Waals surface area contributed by atoms with Gasteiger partial charge >= 0.3 is 12.0 Å². The number of carbonyl (C=O) groups excluding carboxylic acids is 2. The number of amides is 3. The molecule has 140 valence electrons. The van der Waals surface area contributed by atoms with E-state index < -0.39 is 17.9 Å². The van der Waals surface area contributed by atoms with E-state index in [2.05, 4.69) is 10.6 Å². The molecule has 0 spiro atoms. The normalized spacial score (nSPS) is 14.4. The molecule has 1 heterocycles. The van der Waals surface area contributed by atoms with E-state index in [9.17, 15) is 19.5 Å². The minimum absolute atomic E-state index is 0.229. The van der Waals surface area contributed by atoms with Crippen LogP contribution in [-0.4, -0.2) is 43.2 Å². The lowest BCUT2D eigenvalue weighted by molar-refractivity contribution is -0.139. The second kappa shape index (κ2) is 7.77. The van der Waals surface area contributed by atoms with E-state index in [1.807, 2.05) is 0 Å². The van der Waals surface area contributed by atoms with E-state index in [-0.39, 0.29) is 11.6 Å². The first-order chi connectivity index (χ1) is 13.0. The van der Waals surface area contributed by atoms with Gasteiger partial charge in [-0.25, -0.2) is 9.59 Å². The molecular weight excluding hydrogens is 350 g/mol. The third-order valence-corrected chi connectivity index (χ3v) is 4.24. The molecule has 1 atom stereocenters. The quantitative estimate of drug-likeness (QED) is 0.719. The highest BCUT2D eigenvalue weighted by molar-refractivity contribution is 6.01. The number of anilines is 1. The van der Waals surface area contributed by atoms with Crippen LogP contribution in [-0.2, 0) is 4.79 Å². The molecule has 1 fully saturated rings. The molecule has 1 saturated heterocycles. The highest BCUT2D eigenvalue weighted by Crippen LogP contribution is 2.30. The number of ether oxygens (including phenoxy) is 1. The van der Waals surface area contributed by atoms with E-state index in [1.54, 1.807) is 36.4 Å². The van der Waals surface area contributed by atoms with Gasteiger partial charge in [0, 0.05) is 18.7 Å². The average molecular weight is 369 g/mol. The molecule has 0 radical (unpaired) electrons. The van der Waals surface area contributed by atoms with Crippen molar-refractivity contribution in [2.45, 2.75) is 6.04 Å². The summed E-state index contributed by atoms with van der Waals surface area (Å²) in [4.78, 5) is 37.7. The van der Waals surface area contributed by atoms with Crippen LogP contribution in [0.3, 0.4) is 0 Å². The third-order valence-electron chi connectivity index (χ3n) is 4.24. The molecule has 0 aliphatic carbocycles. The summed E-state index contributed by atoms with van der Waals surface area (Å²) in [5.74, 6) is -1.28. The van der Waals surface area contributed by atoms with Gasteiger partial charge in [0.1, 0.15) is 5.75 Å². The van der Waals surface area contributed by atoms with Gasteiger partial charge in [0.05, 0.1) is 12.8 Å². The van der Waals surface area contributed by atoms with Crippen LogP contribution in [0, 0.1) is 0 Å². The van der Waals surface area contributed by atoms with Gasteiger partial charge in [-0.3, -0.25) is 9.69 Å². The molecule has 0 unspecified atom stereocenters. The predicted octanol–water partition coefficient (Wildman–Crippen LogP) is 1.78. The van der Waals surface area contributed by atoms with Gasteiger partial charge in [0.25, 0.3) is 5.91 Å². The Morgan fingerprint density at radius 1 is 1.22 bits per heavy atom. The van der Waals surface area contributed by atoms with Crippen molar-refractivity contribution in [3.05, 3.63) is 59.7 Å². The van der Waals surface area contributed by atoms with Gasteiger partial charge in [-0.2, -0.15) is 0 Å². The second-order valence-corrected chi connectivity index (χ2v) is 5.93. The number of aliphatic carboxylic acids is 1. The number of carboxylic acids is 1. The Labute approximate surface area is 155 Å². The summed E-state index contributed by atoms with van der Waals surface area (Å²) in [5, 5.41) is 14.7. The van der Waals surface area contributed by atoms with E-state index in [0.29, 0.717) is 30.1 Å². The molecule has 1 aliphatic heterocycles. The molecule has 3 rings (SSSR count). The molecule has 3 amide bonds. The predicted molar refractivity (Wildman–Crippen MR) is 98.0 cm³/mol. The van der Waals surface area contributed by atoms with E-state index in [0.717, 1.165) is 0 Å². The Kier molecular flexibility index (Phi) is 5.25. The fraction of sp³-hybridized carbons (Fsp3) is 0.211. The summed E-state index contributed by atoms with van der Waals surface area (Å²) in [6.07, 6.45) is 0. The van der Waals surface area contributed by atoms with Gasteiger partial charge in [-0.1, -0.05) is 30.3 Å². The van der Waals surface area contributed by atoms with E-state index in [4.69, 9.17) is 4.74 Å². The van der Waals surface area contributed by atoms with Crippen molar-refractivity contribution in [1.82, 2.24) is 10.6 Å². The molecule has 27 heavy (non-hydrogen) atoms. The Balaban J connectivity index is 1.88. The number of rotatable bonds is 6. The standard InChI is InChI=1S/C19H19N3O5/c1-27-15-8-7-13(11-14(15)22-10-9-20-19(22)26)17(23)21-16(18(24)25)12-5-3-2-4-6-12/h2-8,11,16H,9-10H2,1H3,(H,20,26)(H,21,23)(H,24,25)/t16-/m1/s1. The maximum absolute atomic E-state index is 12.6. The Morgan fingerprint density at radius 3 is 2.56 bits per heavy atom. The van der Waals surface area contributed by atoms with Gasteiger partial charge in [0.15, 0.2) is 6.04 Å². The van der Waals surface area contributed by atoms with Crippen LogP contribution in [0.5, 0.6) is 5.75 Å². The lowest BCUT2D eigenvalue weighted by Gasteiger charge is -2.19. The van der Waals surface area contributed by atoms with Gasteiger partial charge < -0.3 is 20.5 Å². The van der Waals surface area contributed by atoms with Crippen molar-refractivity contribution in [1.29, 1.82) is 0 Å². The van der Waals surface area contributed by atoms with Gasteiger partial charge in [-0.05, 0) is 23.8 Å². The van der Waals surface area contributed by atoms with Gasteiger partial charge in [0.2, 0.25) is 0 Å². The number of hydrogen-bond acceptors (Lipinski definition) is 4. The molecule has 2 aromatic rings. The minimum atomic E-state index is -1.18. The van der Waals surface area contributed by atoms with Crippen molar-refractivity contribution in [2.75, 3.05) is 25.1 Å². The molecule has 3 N–H and O–H groups in total. The molecule has 0 bridgehead atoms. The van der Waals surface area contributed by atoms with Crippen molar-refractivity contribution in [3.8, 4) is 5.75 Å². The van der Waals surface area contributed by atoms with Crippen LogP contribution in [0.15, 0.2) is 48.5 Å². The molecule has 8 nitrogen and oxygen atoms in total. The lowest BCUT2D eigenvalue weighted by atomic mass is 10.1. The van der Waals surface area contributed by atoms with E-state index in [1.165, 1.54) is 24.1 Å². The maximum atomic E-state index is 12.6. The number of nitrogens with zero attached hydrogens (tertiary/aromatic N) is 1. The fourth-order valence-corrected chi connectivity index (χ4v) is 2.89. The largest absolute Gasteiger partial charge is 0.495 e. The summed E-state index contributed by atoms with van der Waals surface area (Å²) in [5.41, 5.74) is 1.14. The number of methoxy groups -OCH3 is 1. The van der Waals surface area contributed by atoms with Crippen molar-refractivity contribution >= 4 is 23.6 Å². The Morgan fingerprint density at radius 2 is 1.96 bits per heavy atom. The first kappa shape index (κ1) is 18.2. The van der Waals surface area contributed by atoms with E-state index >= 15 is 0 Å². The summed E-state index contributed by atoms with van der Waals surface area (Å²) < 4.78 is 5.28. The number of hydrogen-bond donors (Lipinski definition) is 3. The highest BCUT2D eigenvalue weighted by Gasteiger charge is 2.27. The van der Waals surface area contributed by atoms with Crippen molar-refractivity contribution in [2.24, 2.45) is 0 Å². The zero-order chi connectivity index (χ0) is 19.4. The Bertz CT molecular complexity index is 869. The molecule has 0 saturated carbocycles. The topological polar surface area (TPSA) is 108 Å². The summed E-state index contributed by atoms with van der Waals surface area (Å²) >= 11 is 0. The van der Waals surface area contributed by atoms with Crippen LogP contribution < -0.4 is 20.3 Å². The maximum Gasteiger partial charge on any atom is 0.330 e.